The Morgan fingerprint density at radius 2 is 2.00 bits per heavy atom. The highest BCUT2D eigenvalue weighted by atomic mass is 35.5. The summed E-state index contributed by atoms with van der Waals surface area (Å²) in [6.45, 7) is 1.07. The first-order chi connectivity index (χ1) is 8.83. The van der Waals surface area contributed by atoms with Gasteiger partial charge < -0.3 is 5.32 Å². The van der Waals surface area contributed by atoms with Gasteiger partial charge in [0, 0.05) is 22.8 Å². The molecule has 4 heteroatoms. The molecule has 2 heterocycles. The SMILES string of the molecule is Clc1ccc(-c2nccc([C@@H]3CCCN3)n2)cc1. The van der Waals surface area contributed by atoms with Crippen molar-refractivity contribution in [3.8, 4) is 11.4 Å². The molecule has 0 radical (unpaired) electrons. The van der Waals surface area contributed by atoms with E-state index in [0.29, 0.717) is 6.04 Å². The van der Waals surface area contributed by atoms with Crippen molar-refractivity contribution in [2.75, 3.05) is 6.54 Å². The molecule has 0 aliphatic carbocycles. The van der Waals surface area contributed by atoms with Gasteiger partial charge >= 0.3 is 0 Å². The van der Waals surface area contributed by atoms with Crippen LogP contribution in [-0.2, 0) is 0 Å². The number of nitrogens with one attached hydrogen (secondary N) is 1. The van der Waals surface area contributed by atoms with E-state index < -0.39 is 0 Å². The highest BCUT2D eigenvalue weighted by Crippen LogP contribution is 2.23. The first-order valence-electron chi connectivity index (χ1n) is 6.15. The molecule has 92 valence electrons. The van der Waals surface area contributed by atoms with Crippen LogP contribution in [0.15, 0.2) is 36.5 Å². The van der Waals surface area contributed by atoms with Gasteiger partial charge in [-0.15, -0.1) is 0 Å². The normalized spacial score (nSPS) is 19.1. The standard InChI is InChI=1S/C14H14ClN3/c15-11-5-3-10(4-6-11)14-17-9-7-13(18-14)12-2-1-8-16-12/h3-7,9,12,16H,1-2,8H2/t12-/m0/s1. The summed E-state index contributed by atoms with van der Waals surface area (Å²) in [5.41, 5.74) is 2.08. The maximum Gasteiger partial charge on any atom is 0.159 e. The summed E-state index contributed by atoms with van der Waals surface area (Å²) in [4.78, 5) is 8.97. The molecule has 1 aromatic heterocycles. The van der Waals surface area contributed by atoms with Gasteiger partial charge in [-0.2, -0.15) is 0 Å². The molecule has 1 aromatic carbocycles. The number of hydrogen-bond donors (Lipinski definition) is 1. The fraction of sp³-hybridized carbons (Fsp3) is 0.286. The van der Waals surface area contributed by atoms with Gasteiger partial charge in [0.05, 0.1) is 5.69 Å². The molecule has 1 aliphatic rings. The Balaban J connectivity index is 1.92. The second-order valence-corrected chi connectivity index (χ2v) is 4.90. The van der Waals surface area contributed by atoms with Gasteiger partial charge in [0.15, 0.2) is 5.82 Å². The molecule has 3 nitrogen and oxygen atoms in total. The Morgan fingerprint density at radius 3 is 2.72 bits per heavy atom. The molecule has 0 saturated carbocycles. The number of hydrogen-bond acceptors (Lipinski definition) is 3. The number of nitrogens with zero attached hydrogens (tertiary/aromatic N) is 2. The van der Waals surface area contributed by atoms with Crippen LogP contribution in [0.5, 0.6) is 0 Å². The van der Waals surface area contributed by atoms with Crippen LogP contribution in [0, 0.1) is 0 Å². The Kier molecular flexibility index (Phi) is 3.26. The van der Waals surface area contributed by atoms with Crippen LogP contribution < -0.4 is 5.32 Å². The zero-order chi connectivity index (χ0) is 12.4. The van der Waals surface area contributed by atoms with Crippen molar-refractivity contribution in [3.63, 3.8) is 0 Å². The Labute approximate surface area is 111 Å². The molecule has 18 heavy (non-hydrogen) atoms. The summed E-state index contributed by atoms with van der Waals surface area (Å²) in [7, 11) is 0. The molecular formula is C14H14ClN3. The first-order valence-corrected chi connectivity index (χ1v) is 6.53. The fourth-order valence-electron chi connectivity index (χ4n) is 2.24. The average molecular weight is 260 g/mol. The van der Waals surface area contributed by atoms with Gasteiger partial charge in [0.25, 0.3) is 0 Å². The van der Waals surface area contributed by atoms with Crippen LogP contribution in [0.2, 0.25) is 5.02 Å². The van der Waals surface area contributed by atoms with Crippen molar-refractivity contribution in [2.45, 2.75) is 18.9 Å². The molecule has 0 bridgehead atoms. The van der Waals surface area contributed by atoms with E-state index in [1.165, 1.54) is 6.42 Å². The van der Waals surface area contributed by atoms with E-state index in [-0.39, 0.29) is 0 Å². The number of halogens is 1. The van der Waals surface area contributed by atoms with E-state index in [1.807, 2.05) is 36.5 Å². The molecule has 1 aliphatic heterocycles. The predicted octanol–water partition coefficient (Wildman–Crippen LogP) is 3.22. The van der Waals surface area contributed by atoms with Crippen molar-refractivity contribution < 1.29 is 0 Å². The van der Waals surface area contributed by atoms with Gasteiger partial charge in [-0.1, -0.05) is 11.6 Å². The molecule has 0 amide bonds. The molecule has 1 N–H and O–H groups in total. The van der Waals surface area contributed by atoms with Crippen molar-refractivity contribution in [1.29, 1.82) is 0 Å². The molecule has 2 aromatic rings. The molecular weight excluding hydrogens is 246 g/mol. The molecule has 1 saturated heterocycles. The van der Waals surface area contributed by atoms with Crippen LogP contribution in [0.25, 0.3) is 11.4 Å². The molecule has 3 rings (SSSR count). The second-order valence-electron chi connectivity index (χ2n) is 4.46. The molecule has 1 fully saturated rings. The van der Waals surface area contributed by atoms with E-state index >= 15 is 0 Å². The third-order valence-electron chi connectivity index (χ3n) is 3.20. The predicted molar refractivity (Wildman–Crippen MR) is 72.5 cm³/mol. The van der Waals surface area contributed by atoms with Crippen LogP contribution in [0.3, 0.4) is 0 Å². The van der Waals surface area contributed by atoms with E-state index in [0.717, 1.165) is 35.1 Å². The highest BCUT2D eigenvalue weighted by molar-refractivity contribution is 6.30. The van der Waals surface area contributed by atoms with Gasteiger partial charge in [-0.05, 0) is 49.7 Å². The van der Waals surface area contributed by atoms with E-state index in [4.69, 9.17) is 11.6 Å². The van der Waals surface area contributed by atoms with Crippen molar-refractivity contribution in [3.05, 3.63) is 47.2 Å². The third kappa shape index (κ3) is 2.37. The quantitative estimate of drug-likeness (QED) is 0.900. The summed E-state index contributed by atoms with van der Waals surface area (Å²) in [5.74, 6) is 0.762. The van der Waals surface area contributed by atoms with Gasteiger partial charge in [0.2, 0.25) is 0 Å². The molecule has 1 atom stereocenters. The summed E-state index contributed by atoms with van der Waals surface area (Å²) in [6, 6.07) is 9.98. The Bertz CT molecular complexity index is 533. The zero-order valence-electron chi connectivity index (χ0n) is 9.94. The molecule has 0 unspecified atom stereocenters. The van der Waals surface area contributed by atoms with E-state index in [9.17, 15) is 0 Å². The van der Waals surface area contributed by atoms with Crippen LogP contribution in [0.1, 0.15) is 24.6 Å². The summed E-state index contributed by atoms with van der Waals surface area (Å²) >= 11 is 5.88. The van der Waals surface area contributed by atoms with Crippen molar-refractivity contribution >= 4 is 11.6 Å². The smallest absolute Gasteiger partial charge is 0.159 e. The van der Waals surface area contributed by atoms with Crippen molar-refractivity contribution in [2.24, 2.45) is 0 Å². The minimum absolute atomic E-state index is 0.374. The molecule has 0 spiro atoms. The first kappa shape index (κ1) is 11.6. The van der Waals surface area contributed by atoms with E-state index in [1.54, 1.807) is 0 Å². The summed E-state index contributed by atoms with van der Waals surface area (Å²) in [6.07, 6.45) is 4.19. The minimum Gasteiger partial charge on any atom is -0.309 e. The van der Waals surface area contributed by atoms with E-state index in [2.05, 4.69) is 15.3 Å². The van der Waals surface area contributed by atoms with Crippen LogP contribution in [0.4, 0.5) is 0 Å². The average Bonchev–Trinajstić information content (AvgIpc) is 2.94. The number of rotatable bonds is 2. The Morgan fingerprint density at radius 1 is 1.17 bits per heavy atom. The van der Waals surface area contributed by atoms with Crippen LogP contribution >= 0.6 is 11.6 Å². The summed E-state index contributed by atoms with van der Waals surface area (Å²) < 4.78 is 0. The van der Waals surface area contributed by atoms with Gasteiger partial charge in [-0.3, -0.25) is 0 Å². The van der Waals surface area contributed by atoms with Gasteiger partial charge in [-0.25, -0.2) is 9.97 Å². The number of benzene rings is 1. The minimum atomic E-state index is 0.374. The maximum absolute atomic E-state index is 5.88. The second kappa shape index (κ2) is 5.04. The van der Waals surface area contributed by atoms with Crippen molar-refractivity contribution in [1.82, 2.24) is 15.3 Å². The topological polar surface area (TPSA) is 37.8 Å². The zero-order valence-corrected chi connectivity index (χ0v) is 10.7. The lowest BCUT2D eigenvalue weighted by Crippen LogP contribution is -2.14. The lowest BCUT2D eigenvalue weighted by Gasteiger charge is -2.10. The third-order valence-corrected chi connectivity index (χ3v) is 3.45. The highest BCUT2D eigenvalue weighted by Gasteiger charge is 2.17. The lowest BCUT2D eigenvalue weighted by molar-refractivity contribution is 0.626. The van der Waals surface area contributed by atoms with Gasteiger partial charge in [0.1, 0.15) is 0 Å². The maximum atomic E-state index is 5.88. The van der Waals surface area contributed by atoms with Crippen LogP contribution in [-0.4, -0.2) is 16.5 Å². The fourth-order valence-corrected chi connectivity index (χ4v) is 2.37. The summed E-state index contributed by atoms with van der Waals surface area (Å²) in [5, 5.41) is 4.18. The Hall–Kier alpha value is -1.45. The monoisotopic (exact) mass is 259 g/mol. The number of aromatic nitrogens is 2. The lowest BCUT2D eigenvalue weighted by atomic mass is 10.1. The largest absolute Gasteiger partial charge is 0.309 e.